The molecule has 120 valence electrons. The fourth-order valence-electron chi connectivity index (χ4n) is 2.29. The molecule has 0 saturated carbocycles. The van der Waals surface area contributed by atoms with E-state index in [9.17, 15) is 9.59 Å². The molecule has 0 aliphatic carbocycles. The van der Waals surface area contributed by atoms with Crippen molar-refractivity contribution in [3.8, 4) is 0 Å². The number of likely N-dealkylation sites (tertiary alicyclic amines) is 1. The van der Waals surface area contributed by atoms with Crippen LogP contribution in [0.25, 0.3) is 0 Å². The van der Waals surface area contributed by atoms with Gasteiger partial charge in [0.25, 0.3) is 0 Å². The van der Waals surface area contributed by atoms with Crippen LogP contribution in [0.1, 0.15) is 60.8 Å². The van der Waals surface area contributed by atoms with Crippen LogP contribution in [-0.2, 0) is 9.59 Å². The first-order chi connectivity index (χ1) is 9.44. The van der Waals surface area contributed by atoms with Crippen molar-refractivity contribution in [2.24, 2.45) is 5.41 Å². The summed E-state index contributed by atoms with van der Waals surface area (Å²) >= 11 is 1.56. The molecule has 0 aromatic heterocycles. The normalized spacial score (nSPS) is 20.3. The van der Waals surface area contributed by atoms with Crippen molar-refractivity contribution < 1.29 is 9.59 Å². The van der Waals surface area contributed by atoms with Crippen molar-refractivity contribution in [3.63, 3.8) is 0 Å². The predicted octanol–water partition coefficient (Wildman–Crippen LogP) is 3.49. The summed E-state index contributed by atoms with van der Waals surface area (Å²) in [7, 11) is 0. The van der Waals surface area contributed by atoms with Gasteiger partial charge in [0.15, 0.2) is 0 Å². The Bertz CT molecular complexity index is 433. The number of rotatable bonds is 5. The molecule has 0 aromatic carbocycles. The van der Waals surface area contributed by atoms with Gasteiger partial charge in [-0.15, -0.1) is 11.8 Å². The van der Waals surface area contributed by atoms with E-state index in [-0.39, 0.29) is 22.5 Å². The second kappa shape index (κ2) is 6.51. The van der Waals surface area contributed by atoms with Crippen LogP contribution in [0.15, 0.2) is 0 Å². The summed E-state index contributed by atoms with van der Waals surface area (Å²) < 4.78 is 0. The molecule has 1 aliphatic rings. The molecule has 5 heteroatoms. The maximum Gasteiger partial charge on any atom is 0.243 e. The van der Waals surface area contributed by atoms with Crippen LogP contribution in [0.2, 0.25) is 0 Å². The van der Waals surface area contributed by atoms with Gasteiger partial charge >= 0.3 is 0 Å². The minimum absolute atomic E-state index is 0.0524. The van der Waals surface area contributed by atoms with E-state index in [2.05, 4.69) is 0 Å². The number of carbonyl (C=O) groups is 2. The molecule has 1 heterocycles. The first kappa shape index (κ1) is 18.2. The van der Waals surface area contributed by atoms with Crippen molar-refractivity contribution in [2.75, 3.05) is 5.75 Å². The number of nitrogens with one attached hydrogen (secondary N) is 1. The smallest absolute Gasteiger partial charge is 0.243 e. The summed E-state index contributed by atoms with van der Waals surface area (Å²) in [5.41, 5.74) is 0.234. The highest BCUT2D eigenvalue weighted by atomic mass is 32.2. The van der Waals surface area contributed by atoms with E-state index in [1.165, 1.54) is 4.90 Å². The van der Waals surface area contributed by atoms with Gasteiger partial charge in [-0.1, -0.05) is 20.8 Å². The van der Waals surface area contributed by atoms with Crippen LogP contribution in [0.3, 0.4) is 0 Å². The van der Waals surface area contributed by atoms with Gasteiger partial charge < -0.3 is 5.41 Å². The second-order valence-electron chi connectivity index (χ2n) is 7.63. The fraction of sp³-hybridized carbons (Fsp3) is 0.812. The Morgan fingerprint density at radius 2 is 1.81 bits per heavy atom. The van der Waals surface area contributed by atoms with Crippen LogP contribution >= 0.6 is 11.8 Å². The van der Waals surface area contributed by atoms with Gasteiger partial charge in [0.05, 0.1) is 5.25 Å². The highest BCUT2D eigenvalue weighted by Gasteiger charge is 2.43. The third-order valence-electron chi connectivity index (χ3n) is 3.57. The number of hydrogen-bond acceptors (Lipinski definition) is 4. The van der Waals surface area contributed by atoms with E-state index in [4.69, 9.17) is 5.41 Å². The van der Waals surface area contributed by atoms with Crippen LogP contribution in [-0.4, -0.2) is 39.0 Å². The lowest BCUT2D eigenvalue weighted by Crippen LogP contribution is -2.45. The molecule has 0 spiro atoms. The first-order valence-electron chi connectivity index (χ1n) is 7.51. The summed E-state index contributed by atoms with van der Waals surface area (Å²) in [5, 5.41) is 7.74. The summed E-state index contributed by atoms with van der Waals surface area (Å²) in [6, 6.07) is 0. The molecule has 0 bridgehead atoms. The van der Waals surface area contributed by atoms with E-state index in [0.29, 0.717) is 6.42 Å². The van der Waals surface area contributed by atoms with Crippen molar-refractivity contribution in [2.45, 2.75) is 71.6 Å². The Balaban J connectivity index is 2.43. The van der Waals surface area contributed by atoms with Gasteiger partial charge in [-0.25, -0.2) is 0 Å². The molecule has 1 aliphatic heterocycles. The molecular formula is C16H28N2O2S. The zero-order valence-corrected chi connectivity index (χ0v) is 14.9. The Hall–Kier alpha value is -0.840. The Kier molecular flexibility index (Phi) is 5.64. The van der Waals surface area contributed by atoms with Gasteiger partial charge in [0.1, 0.15) is 0 Å². The molecule has 1 unspecified atom stereocenters. The quantitative estimate of drug-likeness (QED) is 0.480. The largest absolute Gasteiger partial charge is 0.309 e. The number of thioether (sulfide) groups is 1. The summed E-state index contributed by atoms with van der Waals surface area (Å²) in [4.78, 5) is 25.7. The van der Waals surface area contributed by atoms with Crippen LogP contribution in [0.4, 0.5) is 0 Å². The lowest BCUT2D eigenvalue weighted by Gasteiger charge is -2.30. The summed E-state index contributed by atoms with van der Waals surface area (Å²) in [6.07, 6.45) is 1.96. The maximum atomic E-state index is 12.3. The Labute approximate surface area is 132 Å². The van der Waals surface area contributed by atoms with Gasteiger partial charge in [-0.2, -0.15) is 0 Å². The van der Waals surface area contributed by atoms with Crippen LogP contribution in [0.5, 0.6) is 0 Å². The lowest BCUT2D eigenvalue weighted by atomic mass is 9.88. The summed E-state index contributed by atoms with van der Waals surface area (Å²) in [5.74, 6) is 0.705. The van der Waals surface area contributed by atoms with Crippen molar-refractivity contribution in [3.05, 3.63) is 0 Å². The molecule has 21 heavy (non-hydrogen) atoms. The highest BCUT2D eigenvalue weighted by molar-refractivity contribution is 8.00. The number of hydrogen-bond donors (Lipinski definition) is 1. The van der Waals surface area contributed by atoms with Gasteiger partial charge in [-0.3, -0.25) is 14.5 Å². The molecule has 4 nitrogen and oxygen atoms in total. The molecule has 1 atom stereocenters. The van der Waals surface area contributed by atoms with E-state index >= 15 is 0 Å². The van der Waals surface area contributed by atoms with Crippen molar-refractivity contribution in [1.29, 1.82) is 5.41 Å². The number of nitrogens with zero attached hydrogens (tertiary/aromatic N) is 1. The molecule has 1 N–H and O–H groups in total. The fourth-order valence-corrected chi connectivity index (χ4v) is 3.39. The Morgan fingerprint density at radius 1 is 1.24 bits per heavy atom. The molecule has 0 aromatic rings. The van der Waals surface area contributed by atoms with Crippen LogP contribution < -0.4 is 0 Å². The number of carbonyl (C=O) groups excluding carboxylic acids is 2. The van der Waals surface area contributed by atoms with E-state index < -0.39 is 5.54 Å². The van der Waals surface area contributed by atoms with Crippen molar-refractivity contribution >= 4 is 29.3 Å². The third-order valence-corrected chi connectivity index (χ3v) is 4.87. The highest BCUT2D eigenvalue weighted by Crippen LogP contribution is 2.31. The van der Waals surface area contributed by atoms with Gasteiger partial charge in [0.2, 0.25) is 11.8 Å². The molecular weight excluding hydrogens is 284 g/mol. The SMILES string of the molecule is CC(C)(C)C(=N)CCCSC1CC(=O)N(C(C)(C)C)C1=O. The second-order valence-corrected chi connectivity index (χ2v) is 8.94. The summed E-state index contributed by atoms with van der Waals surface area (Å²) in [6.45, 7) is 11.8. The maximum absolute atomic E-state index is 12.3. The zero-order chi connectivity index (χ0) is 16.4. The van der Waals surface area contributed by atoms with Gasteiger partial charge in [-0.05, 0) is 44.8 Å². The number of amides is 2. The number of imide groups is 1. The first-order valence-corrected chi connectivity index (χ1v) is 8.56. The van der Waals surface area contributed by atoms with Crippen molar-refractivity contribution in [1.82, 2.24) is 4.90 Å². The standard InChI is InChI=1S/C16H28N2O2S/c1-15(2,3)12(17)8-7-9-21-11-10-13(19)18(14(11)20)16(4,5)6/h11,17H,7-10H2,1-6H3. The Morgan fingerprint density at radius 3 is 2.24 bits per heavy atom. The van der Waals surface area contributed by atoms with E-state index in [1.807, 2.05) is 41.5 Å². The molecule has 2 amide bonds. The van der Waals surface area contributed by atoms with Gasteiger partial charge in [0, 0.05) is 17.7 Å². The third kappa shape index (κ3) is 4.83. The predicted molar refractivity (Wildman–Crippen MR) is 88.9 cm³/mol. The molecule has 0 radical (unpaired) electrons. The molecule has 1 fully saturated rings. The zero-order valence-electron chi connectivity index (χ0n) is 14.1. The lowest BCUT2D eigenvalue weighted by molar-refractivity contribution is -0.143. The van der Waals surface area contributed by atoms with Crippen LogP contribution in [0, 0.1) is 10.8 Å². The molecule has 1 saturated heterocycles. The minimum Gasteiger partial charge on any atom is -0.309 e. The molecule has 1 rings (SSSR count). The minimum atomic E-state index is -0.433. The average molecular weight is 312 g/mol. The topological polar surface area (TPSA) is 61.2 Å². The van der Waals surface area contributed by atoms with E-state index in [0.717, 1.165) is 24.3 Å². The van der Waals surface area contributed by atoms with E-state index in [1.54, 1.807) is 11.8 Å². The monoisotopic (exact) mass is 312 g/mol. The average Bonchev–Trinajstić information content (AvgIpc) is 2.57.